The number of carboxylic acid groups (broad SMARTS) is 1. The SMILES string of the molecule is C#CCC(=O)N(CCC)CC(=O)O. The van der Waals surface area contributed by atoms with Gasteiger partial charge in [0.05, 0.1) is 6.42 Å². The third-order valence-electron chi connectivity index (χ3n) is 1.43. The molecule has 0 aliphatic heterocycles. The lowest BCUT2D eigenvalue weighted by Gasteiger charge is -2.18. The predicted octanol–water partition coefficient (Wildman–Crippen LogP) is 0.333. The van der Waals surface area contributed by atoms with Gasteiger partial charge in [-0.15, -0.1) is 6.42 Å². The van der Waals surface area contributed by atoms with Crippen LogP contribution in [-0.2, 0) is 9.59 Å². The molecule has 4 heteroatoms. The van der Waals surface area contributed by atoms with Crippen molar-refractivity contribution >= 4 is 11.9 Å². The first-order valence-electron chi connectivity index (χ1n) is 4.04. The van der Waals surface area contributed by atoms with Gasteiger partial charge in [0, 0.05) is 6.54 Å². The minimum atomic E-state index is -1.01. The molecule has 0 aromatic carbocycles. The van der Waals surface area contributed by atoms with Crippen molar-refractivity contribution in [2.75, 3.05) is 13.1 Å². The average molecular weight is 183 g/mol. The summed E-state index contributed by atoms with van der Waals surface area (Å²) in [6, 6.07) is 0. The van der Waals surface area contributed by atoms with E-state index in [1.54, 1.807) is 0 Å². The van der Waals surface area contributed by atoms with Crippen molar-refractivity contribution in [1.29, 1.82) is 0 Å². The third-order valence-corrected chi connectivity index (χ3v) is 1.43. The summed E-state index contributed by atoms with van der Waals surface area (Å²) in [6.45, 7) is 2.04. The lowest BCUT2D eigenvalue weighted by molar-refractivity contribution is -0.144. The molecule has 0 saturated heterocycles. The van der Waals surface area contributed by atoms with Crippen LogP contribution in [-0.4, -0.2) is 35.0 Å². The Morgan fingerprint density at radius 2 is 2.15 bits per heavy atom. The number of amides is 1. The maximum absolute atomic E-state index is 11.2. The highest BCUT2D eigenvalue weighted by Crippen LogP contribution is 1.95. The van der Waals surface area contributed by atoms with E-state index in [-0.39, 0.29) is 18.9 Å². The van der Waals surface area contributed by atoms with Gasteiger partial charge in [0.25, 0.3) is 0 Å². The van der Waals surface area contributed by atoms with Gasteiger partial charge in [0.15, 0.2) is 0 Å². The molecule has 72 valence electrons. The number of hydrogen-bond donors (Lipinski definition) is 1. The number of carbonyl (C=O) groups is 2. The fourth-order valence-electron chi connectivity index (χ4n) is 0.924. The molecular weight excluding hydrogens is 170 g/mol. The smallest absolute Gasteiger partial charge is 0.323 e. The van der Waals surface area contributed by atoms with E-state index < -0.39 is 5.97 Å². The standard InChI is InChI=1S/C9H13NO3/c1-3-5-8(11)10(6-4-2)7-9(12)13/h1H,4-7H2,2H3,(H,12,13). The van der Waals surface area contributed by atoms with Crippen molar-refractivity contribution in [3.8, 4) is 12.3 Å². The van der Waals surface area contributed by atoms with Crippen LogP contribution in [0.2, 0.25) is 0 Å². The first-order valence-corrected chi connectivity index (χ1v) is 4.04. The van der Waals surface area contributed by atoms with Crippen molar-refractivity contribution in [3.63, 3.8) is 0 Å². The summed E-state index contributed by atoms with van der Waals surface area (Å²) in [5.41, 5.74) is 0. The Labute approximate surface area is 77.5 Å². The van der Waals surface area contributed by atoms with Gasteiger partial charge < -0.3 is 10.0 Å². The maximum Gasteiger partial charge on any atom is 0.323 e. The molecule has 0 bridgehead atoms. The number of carboxylic acids is 1. The van der Waals surface area contributed by atoms with Crippen LogP contribution in [0.1, 0.15) is 19.8 Å². The summed E-state index contributed by atoms with van der Waals surface area (Å²) in [4.78, 5) is 22.8. The minimum Gasteiger partial charge on any atom is -0.480 e. The molecule has 0 radical (unpaired) electrons. The summed E-state index contributed by atoms with van der Waals surface area (Å²) in [5.74, 6) is 0.881. The fraction of sp³-hybridized carbons (Fsp3) is 0.556. The molecule has 0 fully saturated rings. The second-order valence-electron chi connectivity index (χ2n) is 2.59. The van der Waals surface area contributed by atoms with E-state index in [2.05, 4.69) is 5.92 Å². The van der Waals surface area contributed by atoms with Gasteiger partial charge in [-0.25, -0.2) is 0 Å². The molecule has 0 rings (SSSR count). The molecule has 0 aromatic rings. The number of hydrogen-bond acceptors (Lipinski definition) is 2. The van der Waals surface area contributed by atoms with E-state index in [0.717, 1.165) is 6.42 Å². The van der Waals surface area contributed by atoms with Gasteiger partial charge in [-0.05, 0) is 6.42 Å². The zero-order valence-corrected chi connectivity index (χ0v) is 7.62. The van der Waals surface area contributed by atoms with E-state index in [0.29, 0.717) is 6.54 Å². The second-order valence-corrected chi connectivity index (χ2v) is 2.59. The van der Waals surface area contributed by atoms with E-state index in [1.165, 1.54) is 4.90 Å². The van der Waals surface area contributed by atoms with Crippen LogP contribution in [0.4, 0.5) is 0 Å². The van der Waals surface area contributed by atoms with Crippen molar-refractivity contribution in [3.05, 3.63) is 0 Å². The Morgan fingerprint density at radius 3 is 2.54 bits per heavy atom. The highest BCUT2D eigenvalue weighted by atomic mass is 16.4. The normalized spacial score (nSPS) is 8.92. The van der Waals surface area contributed by atoms with Crippen LogP contribution in [0, 0.1) is 12.3 Å². The number of carbonyl (C=O) groups excluding carboxylic acids is 1. The lowest BCUT2D eigenvalue weighted by atomic mass is 10.3. The van der Waals surface area contributed by atoms with Crippen LogP contribution >= 0.6 is 0 Å². The van der Waals surface area contributed by atoms with Gasteiger partial charge >= 0.3 is 5.97 Å². The summed E-state index contributed by atoms with van der Waals surface area (Å²) in [6.07, 6.45) is 5.64. The first kappa shape index (κ1) is 11.5. The van der Waals surface area contributed by atoms with Crippen LogP contribution in [0.5, 0.6) is 0 Å². The van der Waals surface area contributed by atoms with Crippen molar-refractivity contribution in [2.45, 2.75) is 19.8 Å². The molecule has 0 heterocycles. The Hall–Kier alpha value is -1.50. The van der Waals surface area contributed by atoms with Crippen molar-refractivity contribution in [2.24, 2.45) is 0 Å². The fourth-order valence-corrected chi connectivity index (χ4v) is 0.924. The molecule has 4 nitrogen and oxygen atoms in total. The Morgan fingerprint density at radius 1 is 1.54 bits per heavy atom. The zero-order valence-electron chi connectivity index (χ0n) is 7.62. The topological polar surface area (TPSA) is 57.6 Å². The molecule has 0 atom stereocenters. The number of aliphatic carboxylic acids is 1. The number of nitrogens with zero attached hydrogens (tertiary/aromatic N) is 1. The van der Waals surface area contributed by atoms with Crippen LogP contribution in [0.15, 0.2) is 0 Å². The van der Waals surface area contributed by atoms with Crippen LogP contribution in [0.3, 0.4) is 0 Å². The lowest BCUT2D eigenvalue weighted by Crippen LogP contribution is -2.35. The van der Waals surface area contributed by atoms with Gasteiger partial charge in [-0.3, -0.25) is 9.59 Å². The monoisotopic (exact) mass is 183 g/mol. The Bertz CT molecular complexity index is 230. The van der Waals surface area contributed by atoms with E-state index in [1.807, 2.05) is 6.92 Å². The molecule has 0 aromatic heterocycles. The molecule has 1 N–H and O–H groups in total. The molecule has 13 heavy (non-hydrogen) atoms. The zero-order chi connectivity index (χ0) is 10.3. The van der Waals surface area contributed by atoms with E-state index in [4.69, 9.17) is 11.5 Å². The van der Waals surface area contributed by atoms with Crippen molar-refractivity contribution in [1.82, 2.24) is 4.90 Å². The first-order chi connectivity index (χ1) is 6.11. The average Bonchev–Trinajstić information content (AvgIpc) is 2.03. The highest BCUT2D eigenvalue weighted by molar-refractivity contribution is 5.82. The van der Waals surface area contributed by atoms with E-state index in [9.17, 15) is 9.59 Å². The summed E-state index contributed by atoms with van der Waals surface area (Å²) in [5, 5.41) is 8.48. The number of rotatable bonds is 5. The van der Waals surface area contributed by atoms with Crippen molar-refractivity contribution < 1.29 is 14.7 Å². The molecule has 0 aliphatic rings. The molecule has 0 aliphatic carbocycles. The number of terminal acetylenes is 1. The highest BCUT2D eigenvalue weighted by Gasteiger charge is 2.13. The molecule has 0 saturated carbocycles. The predicted molar refractivity (Wildman–Crippen MR) is 48.0 cm³/mol. The Kier molecular flexibility index (Phi) is 5.37. The molecule has 1 amide bonds. The molecule has 0 spiro atoms. The largest absolute Gasteiger partial charge is 0.480 e. The van der Waals surface area contributed by atoms with Gasteiger partial charge in [0.1, 0.15) is 6.54 Å². The molecule has 0 unspecified atom stereocenters. The van der Waals surface area contributed by atoms with Gasteiger partial charge in [-0.2, -0.15) is 0 Å². The summed E-state index contributed by atoms with van der Waals surface area (Å²) in [7, 11) is 0. The maximum atomic E-state index is 11.2. The second kappa shape index (κ2) is 6.06. The minimum absolute atomic E-state index is 0.0344. The van der Waals surface area contributed by atoms with Gasteiger partial charge in [0.2, 0.25) is 5.91 Å². The van der Waals surface area contributed by atoms with Crippen LogP contribution < -0.4 is 0 Å². The van der Waals surface area contributed by atoms with Crippen LogP contribution in [0.25, 0.3) is 0 Å². The summed E-state index contributed by atoms with van der Waals surface area (Å²) >= 11 is 0. The molecular formula is C9H13NO3. The van der Waals surface area contributed by atoms with E-state index >= 15 is 0 Å². The van der Waals surface area contributed by atoms with Gasteiger partial charge in [-0.1, -0.05) is 12.8 Å². The Balaban J connectivity index is 4.16. The summed E-state index contributed by atoms with van der Waals surface area (Å²) < 4.78 is 0. The quantitative estimate of drug-likeness (QED) is 0.625. The third kappa shape index (κ3) is 4.86.